The molecule has 28 heavy (non-hydrogen) atoms. The maximum atomic E-state index is 14.1. The van der Waals surface area contributed by atoms with Crippen LogP contribution in [0.1, 0.15) is 30.6 Å². The molecule has 2 atom stereocenters. The Kier molecular flexibility index (Phi) is 4.80. The second-order valence-corrected chi connectivity index (χ2v) is 7.12. The fourth-order valence-corrected chi connectivity index (χ4v) is 3.54. The van der Waals surface area contributed by atoms with Crippen LogP contribution in [-0.4, -0.2) is 39.5 Å². The van der Waals surface area contributed by atoms with Gasteiger partial charge in [-0.3, -0.25) is 4.98 Å². The first-order valence-corrected chi connectivity index (χ1v) is 9.20. The third kappa shape index (κ3) is 3.35. The Labute approximate surface area is 161 Å². The molecule has 0 radical (unpaired) electrons. The van der Waals surface area contributed by atoms with Crippen LogP contribution in [0.2, 0.25) is 0 Å². The Morgan fingerprint density at radius 3 is 2.86 bits per heavy atom. The number of halogens is 2. The van der Waals surface area contributed by atoms with Gasteiger partial charge in [0.2, 0.25) is 0 Å². The molecule has 146 valence electrons. The highest BCUT2D eigenvalue weighted by atomic mass is 19.2. The lowest BCUT2D eigenvalue weighted by Crippen LogP contribution is -2.21. The Balaban J connectivity index is 1.71. The van der Waals surface area contributed by atoms with E-state index in [1.165, 1.54) is 12.1 Å². The summed E-state index contributed by atoms with van der Waals surface area (Å²) in [6.07, 6.45) is 2.13. The molecule has 0 aliphatic carbocycles. The summed E-state index contributed by atoms with van der Waals surface area (Å²) < 4.78 is 27.7. The monoisotopic (exact) mass is 385 g/mol. The molecular formula is C20H21F2N5O. The normalized spacial score (nSPS) is 17.9. The van der Waals surface area contributed by atoms with E-state index in [2.05, 4.69) is 25.4 Å². The molecule has 6 nitrogen and oxygen atoms in total. The number of aliphatic hydroxyl groups excluding tert-OH is 1. The molecule has 3 heterocycles. The van der Waals surface area contributed by atoms with E-state index in [1.54, 1.807) is 13.1 Å². The molecule has 2 aromatic heterocycles. The molecule has 0 saturated carbocycles. The van der Waals surface area contributed by atoms with E-state index in [9.17, 15) is 13.9 Å². The number of β-amino-alcohol motifs (C(OH)–C–C–N with tert-alkyl or cyclic N) is 1. The minimum absolute atomic E-state index is 0.210. The Bertz CT molecular complexity index is 1030. The lowest BCUT2D eigenvalue weighted by atomic mass is 10.1. The number of hydrogen-bond donors (Lipinski definition) is 2. The van der Waals surface area contributed by atoms with Crippen molar-refractivity contribution in [3.05, 3.63) is 53.4 Å². The van der Waals surface area contributed by atoms with Gasteiger partial charge in [-0.2, -0.15) is 5.10 Å². The van der Waals surface area contributed by atoms with Gasteiger partial charge in [0.15, 0.2) is 17.5 Å². The average Bonchev–Trinajstić information content (AvgIpc) is 3.12. The highest BCUT2D eigenvalue weighted by Gasteiger charge is 2.22. The molecule has 0 amide bonds. The summed E-state index contributed by atoms with van der Waals surface area (Å²) >= 11 is 0. The molecule has 1 aliphatic rings. The molecular weight excluding hydrogens is 364 g/mol. The van der Waals surface area contributed by atoms with Crippen molar-refractivity contribution in [2.24, 2.45) is 0 Å². The highest BCUT2D eigenvalue weighted by Crippen LogP contribution is 2.30. The van der Waals surface area contributed by atoms with Crippen LogP contribution in [-0.2, 0) is 0 Å². The SMILES string of the molecule is Cc1nnc(N[C@H](C)c2cccc(F)c2F)c2cc(N3CC[C@H](O)C3)cnc12. The summed E-state index contributed by atoms with van der Waals surface area (Å²) in [5.41, 5.74) is 2.46. The van der Waals surface area contributed by atoms with Crippen LogP contribution >= 0.6 is 0 Å². The molecule has 1 aromatic carbocycles. The first-order chi connectivity index (χ1) is 13.4. The Morgan fingerprint density at radius 1 is 1.29 bits per heavy atom. The molecule has 0 unspecified atom stereocenters. The third-order valence-electron chi connectivity index (χ3n) is 5.10. The quantitative estimate of drug-likeness (QED) is 0.718. The summed E-state index contributed by atoms with van der Waals surface area (Å²) in [7, 11) is 0. The fourth-order valence-electron chi connectivity index (χ4n) is 3.54. The van der Waals surface area contributed by atoms with Crippen LogP contribution in [0.15, 0.2) is 30.5 Å². The average molecular weight is 385 g/mol. The van der Waals surface area contributed by atoms with Crippen molar-refractivity contribution < 1.29 is 13.9 Å². The van der Waals surface area contributed by atoms with Gasteiger partial charge >= 0.3 is 0 Å². The van der Waals surface area contributed by atoms with Crippen molar-refractivity contribution >= 4 is 22.4 Å². The number of aliphatic hydroxyl groups is 1. The van der Waals surface area contributed by atoms with E-state index in [-0.39, 0.29) is 11.7 Å². The van der Waals surface area contributed by atoms with Crippen molar-refractivity contribution in [3.8, 4) is 0 Å². The molecule has 0 spiro atoms. The van der Waals surface area contributed by atoms with Gasteiger partial charge in [-0.15, -0.1) is 5.10 Å². The molecule has 8 heteroatoms. The summed E-state index contributed by atoms with van der Waals surface area (Å²) in [6.45, 7) is 4.86. The summed E-state index contributed by atoms with van der Waals surface area (Å²) in [5, 5.41) is 22.0. The minimum Gasteiger partial charge on any atom is -0.391 e. The second kappa shape index (κ2) is 7.27. The number of nitrogens with one attached hydrogen (secondary N) is 1. The molecule has 2 N–H and O–H groups in total. The zero-order valence-electron chi connectivity index (χ0n) is 15.7. The summed E-state index contributed by atoms with van der Waals surface area (Å²) in [6, 6.07) is 5.53. The molecule has 0 bridgehead atoms. The number of anilines is 2. The van der Waals surface area contributed by atoms with E-state index in [1.807, 2.05) is 13.0 Å². The van der Waals surface area contributed by atoms with E-state index >= 15 is 0 Å². The van der Waals surface area contributed by atoms with Crippen LogP contribution in [0.25, 0.3) is 10.9 Å². The number of fused-ring (bicyclic) bond motifs is 1. The van der Waals surface area contributed by atoms with Crippen molar-refractivity contribution in [3.63, 3.8) is 0 Å². The largest absolute Gasteiger partial charge is 0.391 e. The Morgan fingerprint density at radius 2 is 2.11 bits per heavy atom. The number of hydrogen-bond acceptors (Lipinski definition) is 6. The lowest BCUT2D eigenvalue weighted by Gasteiger charge is -2.20. The van der Waals surface area contributed by atoms with Crippen LogP contribution in [0.3, 0.4) is 0 Å². The van der Waals surface area contributed by atoms with Crippen molar-refractivity contribution in [1.29, 1.82) is 0 Å². The maximum absolute atomic E-state index is 14.1. The Hall–Kier alpha value is -2.87. The van der Waals surface area contributed by atoms with E-state index < -0.39 is 17.7 Å². The van der Waals surface area contributed by atoms with Gasteiger partial charge < -0.3 is 15.3 Å². The number of aryl methyl sites for hydroxylation is 1. The van der Waals surface area contributed by atoms with Gasteiger partial charge in [0.1, 0.15) is 0 Å². The van der Waals surface area contributed by atoms with Gasteiger partial charge in [0, 0.05) is 24.0 Å². The first kappa shape index (κ1) is 18.5. The zero-order valence-corrected chi connectivity index (χ0v) is 15.7. The van der Waals surface area contributed by atoms with Gasteiger partial charge in [-0.05, 0) is 32.4 Å². The first-order valence-electron chi connectivity index (χ1n) is 9.20. The van der Waals surface area contributed by atoms with Crippen molar-refractivity contribution in [1.82, 2.24) is 15.2 Å². The fraction of sp³-hybridized carbons (Fsp3) is 0.350. The molecule has 1 aliphatic heterocycles. The standard InChI is InChI=1S/C20H21F2N5O/c1-11(15-4-3-5-17(21)18(15)22)24-20-16-8-13(27-7-6-14(28)10-27)9-23-19(16)12(2)25-26-20/h3-5,8-9,11,14,28H,6-7,10H2,1-2H3,(H,24,26)/t11-,14+/m1/s1. The molecule has 4 rings (SSSR count). The number of benzene rings is 1. The molecule has 1 fully saturated rings. The number of aromatic nitrogens is 3. The summed E-state index contributed by atoms with van der Waals surface area (Å²) in [5.74, 6) is -1.31. The van der Waals surface area contributed by atoms with Gasteiger partial charge in [0.25, 0.3) is 0 Å². The third-order valence-corrected chi connectivity index (χ3v) is 5.10. The maximum Gasteiger partial charge on any atom is 0.164 e. The highest BCUT2D eigenvalue weighted by molar-refractivity contribution is 5.92. The molecule has 1 saturated heterocycles. The number of rotatable bonds is 4. The van der Waals surface area contributed by atoms with Gasteiger partial charge in [-0.1, -0.05) is 12.1 Å². The van der Waals surface area contributed by atoms with E-state index in [0.717, 1.165) is 23.7 Å². The van der Waals surface area contributed by atoms with Crippen LogP contribution in [0.4, 0.5) is 20.3 Å². The van der Waals surface area contributed by atoms with Crippen molar-refractivity contribution in [2.45, 2.75) is 32.4 Å². The minimum atomic E-state index is -0.887. The van der Waals surface area contributed by atoms with Crippen LogP contribution in [0, 0.1) is 18.6 Å². The van der Waals surface area contributed by atoms with E-state index in [4.69, 9.17) is 0 Å². The smallest absolute Gasteiger partial charge is 0.164 e. The second-order valence-electron chi connectivity index (χ2n) is 7.12. The van der Waals surface area contributed by atoms with Crippen molar-refractivity contribution in [2.75, 3.05) is 23.3 Å². The van der Waals surface area contributed by atoms with Crippen LogP contribution in [0.5, 0.6) is 0 Å². The molecule has 3 aromatic rings. The number of pyridine rings is 1. The lowest BCUT2D eigenvalue weighted by molar-refractivity contribution is 0.198. The topological polar surface area (TPSA) is 74.2 Å². The zero-order chi connectivity index (χ0) is 19.8. The summed E-state index contributed by atoms with van der Waals surface area (Å²) in [4.78, 5) is 6.58. The predicted octanol–water partition coefficient (Wildman–Crippen LogP) is 3.36. The van der Waals surface area contributed by atoms with Crippen LogP contribution < -0.4 is 10.2 Å². The van der Waals surface area contributed by atoms with E-state index in [0.29, 0.717) is 30.0 Å². The van der Waals surface area contributed by atoms with Gasteiger partial charge in [-0.25, -0.2) is 8.78 Å². The predicted molar refractivity (Wildman–Crippen MR) is 103 cm³/mol. The van der Waals surface area contributed by atoms with Gasteiger partial charge in [0.05, 0.1) is 35.2 Å². The number of nitrogens with zero attached hydrogens (tertiary/aromatic N) is 4.